The molecule has 2 amide bonds. The number of carboxylic acids is 1. The predicted octanol–water partition coefficient (Wildman–Crippen LogP) is 3.54. The molecule has 0 spiro atoms. The van der Waals surface area contributed by atoms with Crippen molar-refractivity contribution in [3.05, 3.63) is 59.7 Å². The van der Waals surface area contributed by atoms with E-state index in [1.54, 1.807) is 6.92 Å². The molecule has 10 heteroatoms. The van der Waals surface area contributed by atoms with E-state index in [-0.39, 0.29) is 32.1 Å². The maximum atomic E-state index is 12.5. The molecule has 3 rings (SSSR count). The van der Waals surface area contributed by atoms with E-state index in [4.69, 9.17) is 14.6 Å². The largest absolute Gasteiger partial charge is 0.480 e. The second kappa shape index (κ2) is 12.3. The number of rotatable bonds is 12. The minimum absolute atomic E-state index is 0.0788. The summed E-state index contributed by atoms with van der Waals surface area (Å²) in [5.41, 5.74) is 4.35. The first-order chi connectivity index (χ1) is 16.8. The zero-order chi connectivity index (χ0) is 25.4. The molecule has 1 aliphatic carbocycles. The van der Waals surface area contributed by atoms with Crippen LogP contribution in [0.2, 0.25) is 0 Å². The van der Waals surface area contributed by atoms with Crippen molar-refractivity contribution < 1.29 is 37.7 Å². The summed E-state index contributed by atoms with van der Waals surface area (Å²) < 4.78 is 35.9. The molecule has 0 saturated carbocycles. The van der Waals surface area contributed by atoms with Gasteiger partial charge in [-0.05, 0) is 29.2 Å². The SMILES string of the molecule is CCOC(CNC(=O)OCC1c2ccccc2-c2ccccc21)CC(=O)NC(CC(F)F)C(=O)O. The summed E-state index contributed by atoms with van der Waals surface area (Å²) in [6, 6.07) is 14.2. The normalized spacial score (nSPS) is 14.1. The zero-order valence-corrected chi connectivity index (χ0v) is 19.2. The van der Waals surface area contributed by atoms with Gasteiger partial charge in [-0.15, -0.1) is 0 Å². The summed E-state index contributed by atoms with van der Waals surface area (Å²) >= 11 is 0. The van der Waals surface area contributed by atoms with Gasteiger partial charge in [0.05, 0.1) is 12.5 Å². The maximum absolute atomic E-state index is 12.5. The Morgan fingerprint density at radius 1 is 1.03 bits per heavy atom. The third-order valence-corrected chi connectivity index (χ3v) is 5.68. The molecule has 0 saturated heterocycles. The number of hydrogen-bond donors (Lipinski definition) is 3. The molecule has 0 radical (unpaired) electrons. The lowest BCUT2D eigenvalue weighted by atomic mass is 9.98. The molecule has 188 valence electrons. The van der Waals surface area contributed by atoms with Gasteiger partial charge in [0.25, 0.3) is 0 Å². The van der Waals surface area contributed by atoms with Crippen LogP contribution in [0.5, 0.6) is 0 Å². The van der Waals surface area contributed by atoms with E-state index in [2.05, 4.69) is 10.6 Å². The van der Waals surface area contributed by atoms with E-state index >= 15 is 0 Å². The minimum atomic E-state index is -2.88. The van der Waals surface area contributed by atoms with Crippen molar-refractivity contribution >= 4 is 18.0 Å². The third-order valence-electron chi connectivity index (χ3n) is 5.68. The molecule has 3 N–H and O–H groups in total. The van der Waals surface area contributed by atoms with Crippen LogP contribution in [0, 0.1) is 0 Å². The number of carbonyl (C=O) groups excluding carboxylic acids is 2. The van der Waals surface area contributed by atoms with Crippen molar-refractivity contribution in [3.8, 4) is 11.1 Å². The van der Waals surface area contributed by atoms with Crippen LogP contribution in [0.4, 0.5) is 13.6 Å². The first-order valence-corrected chi connectivity index (χ1v) is 11.3. The van der Waals surface area contributed by atoms with Crippen LogP contribution in [0.15, 0.2) is 48.5 Å². The topological polar surface area (TPSA) is 114 Å². The van der Waals surface area contributed by atoms with Crippen molar-refractivity contribution in [2.75, 3.05) is 19.8 Å². The van der Waals surface area contributed by atoms with Gasteiger partial charge in [0.2, 0.25) is 12.3 Å². The Balaban J connectivity index is 1.52. The number of aliphatic carboxylic acids is 1. The summed E-state index contributed by atoms with van der Waals surface area (Å²) in [5, 5.41) is 13.6. The number of halogens is 2. The number of carboxylic acid groups (broad SMARTS) is 1. The lowest BCUT2D eigenvalue weighted by molar-refractivity contribution is -0.143. The Morgan fingerprint density at radius 3 is 2.17 bits per heavy atom. The lowest BCUT2D eigenvalue weighted by Crippen LogP contribution is -2.44. The molecule has 2 aromatic carbocycles. The minimum Gasteiger partial charge on any atom is -0.480 e. The maximum Gasteiger partial charge on any atom is 0.407 e. The van der Waals surface area contributed by atoms with Gasteiger partial charge in [0.1, 0.15) is 12.6 Å². The standard InChI is InChI=1S/C25H28F2N2O6/c1-2-34-15(11-23(30)29-21(24(31)32)12-22(26)27)13-28-25(33)35-14-20-18-9-5-3-7-16(18)17-8-4-6-10-19(17)20/h3-10,15,20-22H,2,11-14H2,1H3,(H,28,33)(H,29,30)(H,31,32). The highest BCUT2D eigenvalue weighted by atomic mass is 19.3. The fraction of sp³-hybridized carbons (Fsp3) is 0.400. The van der Waals surface area contributed by atoms with Crippen molar-refractivity contribution in [1.29, 1.82) is 0 Å². The van der Waals surface area contributed by atoms with Gasteiger partial charge in [0.15, 0.2) is 0 Å². The number of fused-ring (bicyclic) bond motifs is 3. The molecule has 35 heavy (non-hydrogen) atoms. The van der Waals surface area contributed by atoms with Crippen LogP contribution in [0.25, 0.3) is 11.1 Å². The smallest absolute Gasteiger partial charge is 0.407 e. The van der Waals surface area contributed by atoms with Gasteiger partial charge < -0.3 is 25.2 Å². The van der Waals surface area contributed by atoms with Crippen LogP contribution in [0.1, 0.15) is 36.8 Å². The highest BCUT2D eigenvalue weighted by molar-refractivity contribution is 5.84. The first kappa shape index (κ1) is 26.1. The fourth-order valence-corrected chi connectivity index (χ4v) is 4.13. The number of alkyl halides is 2. The highest BCUT2D eigenvalue weighted by Crippen LogP contribution is 2.44. The number of carbonyl (C=O) groups is 3. The summed E-state index contributed by atoms with van der Waals surface area (Å²) in [5.74, 6) is -2.43. The second-order valence-corrected chi connectivity index (χ2v) is 8.07. The molecule has 0 aromatic heterocycles. The molecule has 0 aliphatic heterocycles. The number of alkyl carbamates (subject to hydrolysis) is 1. The highest BCUT2D eigenvalue weighted by Gasteiger charge is 2.29. The molecule has 0 heterocycles. The van der Waals surface area contributed by atoms with Gasteiger partial charge in [0, 0.05) is 25.5 Å². The first-order valence-electron chi connectivity index (χ1n) is 11.3. The monoisotopic (exact) mass is 490 g/mol. The van der Waals surface area contributed by atoms with Crippen molar-refractivity contribution in [2.24, 2.45) is 0 Å². The predicted molar refractivity (Wildman–Crippen MR) is 123 cm³/mol. The van der Waals surface area contributed by atoms with Crippen LogP contribution >= 0.6 is 0 Å². The van der Waals surface area contributed by atoms with Gasteiger partial charge in [-0.25, -0.2) is 18.4 Å². The lowest BCUT2D eigenvalue weighted by Gasteiger charge is -2.20. The molecule has 2 unspecified atom stereocenters. The number of nitrogens with one attached hydrogen (secondary N) is 2. The average Bonchev–Trinajstić information content (AvgIpc) is 3.14. The molecular weight excluding hydrogens is 462 g/mol. The molecule has 0 bridgehead atoms. The van der Waals surface area contributed by atoms with Crippen molar-refractivity contribution in [3.63, 3.8) is 0 Å². The Kier molecular flexibility index (Phi) is 9.13. The Bertz CT molecular complexity index is 1000. The number of amides is 2. The Morgan fingerprint density at radius 2 is 1.63 bits per heavy atom. The summed E-state index contributed by atoms with van der Waals surface area (Å²) in [7, 11) is 0. The average molecular weight is 491 g/mol. The van der Waals surface area contributed by atoms with Crippen LogP contribution in [-0.2, 0) is 19.1 Å². The van der Waals surface area contributed by atoms with E-state index in [1.165, 1.54) is 0 Å². The van der Waals surface area contributed by atoms with Gasteiger partial charge >= 0.3 is 12.1 Å². The molecule has 1 aliphatic rings. The van der Waals surface area contributed by atoms with E-state index < -0.39 is 43.0 Å². The fourth-order valence-electron chi connectivity index (χ4n) is 4.13. The molecule has 2 aromatic rings. The Labute approximate surface area is 201 Å². The second-order valence-electron chi connectivity index (χ2n) is 8.07. The summed E-state index contributed by atoms with van der Waals surface area (Å²) in [6.45, 7) is 1.96. The zero-order valence-electron chi connectivity index (χ0n) is 19.2. The molecule has 0 fully saturated rings. The van der Waals surface area contributed by atoms with E-state index in [0.717, 1.165) is 22.3 Å². The van der Waals surface area contributed by atoms with Crippen molar-refractivity contribution in [2.45, 2.75) is 44.3 Å². The summed E-state index contributed by atoms with van der Waals surface area (Å²) in [4.78, 5) is 35.6. The quantitative estimate of drug-likeness (QED) is 0.419. The van der Waals surface area contributed by atoms with Gasteiger partial charge in [-0.2, -0.15) is 0 Å². The van der Waals surface area contributed by atoms with E-state index in [9.17, 15) is 23.2 Å². The van der Waals surface area contributed by atoms with Gasteiger partial charge in [-0.3, -0.25) is 4.79 Å². The van der Waals surface area contributed by atoms with Crippen LogP contribution in [0.3, 0.4) is 0 Å². The van der Waals surface area contributed by atoms with E-state index in [1.807, 2.05) is 48.5 Å². The third kappa shape index (κ3) is 6.98. The number of hydrogen-bond acceptors (Lipinski definition) is 5. The number of ether oxygens (including phenoxy) is 2. The van der Waals surface area contributed by atoms with Crippen LogP contribution in [-0.4, -0.2) is 61.4 Å². The molecular formula is C25H28F2N2O6. The van der Waals surface area contributed by atoms with Gasteiger partial charge in [-0.1, -0.05) is 48.5 Å². The van der Waals surface area contributed by atoms with E-state index in [0.29, 0.717) is 0 Å². The molecule has 2 atom stereocenters. The molecule has 8 nitrogen and oxygen atoms in total. The van der Waals surface area contributed by atoms with Crippen molar-refractivity contribution in [1.82, 2.24) is 10.6 Å². The summed E-state index contributed by atoms with van der Waals surface area (Å²) in [6.07, 6.45) is -5.68. The number of benzene rings is 2. The van der Waals surface area contributed by atoms with Crippen LogP contribution < -0.4 is 10.6 Å². The Hall–Kier alpha value is -3.53.